The first-order valence-electron chi connectivity index (χ1n) is 8.15. The van der Waals surface area contributed by atoms with Crippen LogP contribution >= 0.6 is 0 Å². The van der Waals surface area contributed by atoms with Crippen molar-refractivity contribution in [2.45, 2.75) is 4.90 Å². The summed E-state index contributed by atoms with van der Waals surface area (Å²) in [5.74, 6) is 0.0258. The quantitative estimate of drug-likeness (QED) is 0.518. The van der Waals surface area contributed by atoms with Crippen molar-refractivity contribution in [3.8, 4) is 11.5 Å². The molecule has 0 aliphatic heterocycles. The number of para-hydroxylation sites is 2. The molecule has 0 fully saturated rings. The molecule has 0 heterocycles. The van der Waals surface area contributed by atoms with Gasteiger partial charge < -0.3 is 19.5 Å². The average molecular weight is 391 g/mol. The Morgan fingerprint density at radius 1 is 1.04 bits per heavy atom. The van der Waals surface area contributed by atoms with Crippen LogP contribution in [0.5, 0.6) is 11.5 Å². The van der Waals surface area contributed by atoms with Gasteiger partial charge in [0.2, 0.25) is 0 Å². The summed E-state index contributed by atoms with van der Waals surface area (Å²) in [7, 11) is 0.215. The van der Waals surface area contributed by atoms with Crippen molar-refractivity contribution < 1.29 is 28.0 Å². The van der Waals surface area contributed by atoms with Gasteiger partial charge in [0.25, 0.3) is 5.91 Å². The number of ether oxygens (including phenoxy) is 3. The van der Waals surface area contributed by atoms with Gasteiger partial charge >= 0.3 is 5.97 Å². The van der Waals surface area contributed by atoms with Crippen LogP contribution in [0.4, 0.5) is 0 Å². The van der Waals surface area contributed by atoms with Gasteiger partial charge in [-0.15, -0.1) is 0 Å². The molecule has 8 heteroatoms. The molecule has 2 aromatic carbocycles. The van der Waals surface area contributed by atoms with E-state index < -0.39 is 29.3 Å². The lowest BCUT2D eigenvalue weighted by Gasteiger charge is -2.11. The first-order chi connectivity index (χ1) is 13.0. The predicted molar refractivity (Wildman–Crippen MR) is 101 cm³/mol. The molecule has 0 saturated carbocycles. The molecule has 0 aliphatic rings. The van der Waals surface area contributed by atoms with E-state index >= 15 is 0 Å². The Morgan fingerprint density at radius 2 is 1.70 bits per heavy atom. The number of hydrogen-bond acceptors (Lipinski definition) is 6. The molecule has 1 atom stereocenters. The van der Waals surface area contributed by atoms with Crippen molar-refractivity contribution in [1.29, 1.82) is 0 Å². The second-order valence-electron chi connectivity index (χ2n) is 5.38. The van der Waals surface area contributed by atoms with E-state index in [1.165, 1.54) is 12.3 Å². The van der Waals surface area contributed by atoms with E-state index in [1.54, 1.807) is 37.4 Å². The largest absolute Gasteiger partial charge is 0.493 e. The van der Waals surface area contributed by atoms with E-state index in [0.29, 0.717) is 16.4 Å². The number of esters is 1. The van der Waals surface area contributed by atoms with Crippen molar-refractivity contribution in [3.05, 3.63) is 54.1 Å². The van der Waals surface area contributed by atoms with Gasteiger partial charge in [-0.1, -0.05) is 24.3 Å². The van der Waals surface area contributed by atoms with Gasteiger partial charge in [-0.25, -0.2) is 4.79 Å². The molecule has 2 rings (SSSR count). The fourth-order valence-electron chi connectivity index (χ4n) is 2.24. The van der Waals surface area contributed by atoms with E-state index in [4.69, 9.17) is 14.2 Å². The summed E-state index contributed by atoms with van der Waals surface area (Å²) in [4.78, 5) is 24.3. The molecule has 1 N–H and O–H groups in total. The molecule has 0 radical (unpaired) electrons. The van der Waals surface area contributed by atoms with Gasteiger partial charge in [-0.2, -0.15) is 0 Å². The summed E-state index contributed by atoms with van der Waals surface area (Å²) in [6.45, 7) is 0.0415. The highest BCUT2D eigenvalue weighted by Crippen LogP contribution is 2.25. The Balaban J connectivity index is 1.75. The van der Waals surface area contributed by atoms with Crippen molar-refractivity contribution >= 4 is 22.7 Å². The van der Waals surface area contributed by atoms with Crippen LogP contribution in [-0.4, -0.2) is 49.2 Å². The first-order valence-corrected chi connectivity index (χ1v) is 9.71. The van der Waals surface area contributed by atoms with Gasteiger partial charge in [-0.05, 0) is 24.3 Å². The Morgan fingerprint density at radius 3 is 2.41 bits per heavy atom. The summed E-state index contributed by atoms with van der Waals surface area (Å²) in [6.07, 6.45) is 1.47. The van der Waals surface area contributed by atoms with Crippen molar-refractivity contribution in [2.24, 2.45) is 0 Å². The average Bonchev–Trinajstić information content (AvgIpc) is 2.69. The third kappa shape index (κ3) is 6.10. The number of nitrogens with one attached hydrogen (secondary N) is 1. The minimum absolute atomic E-state index is 0.186. The smallest absolute Gasteiger partial charge is 0.339 e. The third-order valence-electron chi connectivity index (χ3n) is 3.50. The second-order valence-corrected chi connectivity index (χ2v) is 6.72. The SMILES string of the molecule is COc1ccccc1OCCNC(=O)COC(=O)c1ccccc1[S@@](C)=O. The molecular formula is C19H21NO6S. The summed E-state index contributed by atoms with van der Waals surface area (Å²) < 4.78 is 27.3. The zero-order valence-corrected chi connectivity index (χ0v) is 15.9. The Hall–Kier alpha value is -2.87. The molecule has 0 unspecified atom stereocenters. The molecule has 0 aromatic heterocycles. The highest BCUT2D eigenvalue weighted by Gasteiger charge is 2.16. The Kier molecular flexibility index (Phi) is 7.81. The minimum Gasteiger partial charge on any atom is -0.493 e. The standard InChI is InChI=1S/C19H21NO6S/c1-24-15-8-4-5-9-16(15)25-12-11-20-18(21)13-26-19(22)14-7-3-6-10-17(14)27(2)23/h3-10H,11-13H2,1-2H3,(H,20,21)/t27-/m1/s1. The molecule has 0 saturated heterocycles. The number of benzene rings is 2. The van der Waals surface area contributed by atoms with Crippen LogP contribution in [0.2, 0.25) is 0 Å². The normalized spacial score (nSPS) is 11.3. The van der Waals surface area contributed by atoms with Crippen LogP contribution in [0.1, 0.15) is 10.4 Å². The molecule has 2 aromatic rings. The van der Waals surface area contributed by atoms with Crippen LogP contribution in [0.15, 0.2) is 53.4 Å². The fourth-order valence-corrected chi connectivity index (χ4v) is 2.97. The predicted octanol–water partition coefficient (Wildman–Crippen LogP) is 1.78. The monoisotopic (exact) mass is 391 g/mol. The van der Waals surface area contributed by atoms with Crippen LogP contribution in [0, 0.1) is 0 Å². The van der Waals surface area contributed by atoms with E-state index in [9.17, 15) is 13.8 Å². The highest BCUT2D eigenvalue weighted by molar-refractivity contribution is 7.84. The third-order valence-corrected chi connectivity index (χ3v) is 4.48. The minimum atomic E-state index is -1.33. The fraction of sp³-hybridized carbons (Fsp3) is 0.263. The van der Waals surface area contributed by atoms with Crippen molar-refractivity contribution in [1.82, 2.24) is 5.32 Å². The lowest BCUT2D eigenvalue weighted by molar-refractivity contribution is -0.124. The molecule has 0 bridgehead atoms. The lowest BCUT2D eigenvalue weighted by Crippen LogP contribution is -2.32. The maximum atomic E-state index is 12.1. The van der Waals surface area contributed by atoms with Gasteiger partial charge in [-0.3, -0.25) is 9.00 Å². The van der Waals surface area contributed by atoms with Gasteiger partial charge in [0.15, 0.2) is 18.1 Å². The summed E-state index contributed by atoms with van der Waals surface area (Å²) in [5.41, 5.74) is 0.186. The summed E-state index contributed by atoms with van der Waals surface area (Å²) >= 11 is 0. The topological polar surface area (TPSA) is 90.9 Å². The zero-order chi connectivity index (χ0) is 19.6. The number of amides is 1. The maximum absolute atomic E-state index is 12.1. The van der Waals surface area contributed by atoms with Crippen LogP contribution in [-0.2, 0) is 20.3 Å². The maximum Gasteiger partial charge on any atom is 0.339 e. The van der Waals surface area contributed by atoms with E-state index in [-0.39, 0.29) is 18.7 Å². The van der Waals surface area contributed by atoms with Crippen LogP contribution < -0.4 is 14.8 Å². The number of carbonyl (C=O) groups is 2. The molecule has 0 aliphatic carbocycles. The molecule has 0 spiro atoms. The van der Waals surface area contributed by atoms with Gasteiger partial charge in [0, 0.05) is 6.26 Å². The molecule has 7 nitrogen and oxygen atoms in total. The molecule has 144 valence electrons. The van der Waals surface area contributed by atoms with E-state index in [1.807, 2.05) is 12.1 Å². The molecule has 27 heavy (non-hydrogen) atoms. The first kappa shape index (κ1) is 20.4. The van der Waals surface area contributed by atoms with Gasteiger partial charge in [0.1, 0.15) is 6.61 Å². The van der Waals surface area contributed by atoms with Crippen LogP contribution in [0.25, 0.3) is 0 Å². The summed E-state index contributed by atoms with van der Waals surface area (Å²) in [6, 6.07) is 13.6. The number of carbonyl (C=O) groups excluding carboxylic acids is 2. The van der Waals surface area contributed by atoms with E-state index in [2.05, 4.69) is 5.32 Å². The molecular weight excluding hydrogens is 370 g/mol. The van der Waals surface area contributed by atoms with E-state index in [0.717, 1.165) is 0 Å². The second kappa shape index (κ2) is 10.3. The highest BCUT2D eigenvalue weighted by atomic mass is 32.2. The number of hydrogen-bond donors (Lipinski definition) is 1. The Bertz CT molecular complexity index is 823. The number of methoxy groups -OCH3 is 1. The van der Waals surface area contributed by atoms with Crippen molar-refractivity contribution in [2.75, 3.05) is 33.1 Å². The van der Waals surface area contributed by atoms with Crippen molar-refractivity contribution in [3.63, 3.8) is 0 Å². The zero-order valence-electron chi connectivity index (χ0n) is 15.1. The van der Waals surface area contributed by atoms with Crippen LogP contribution in [0.3, 0.4) is 0 Å². The molecule has 1 amide bonds. The Labute approximate surface area is 160 Å². The number of rotatable bonds is 9. The lowest BCUT2D eigenvalue weighted by atomic mass is 10.2. The van der Waals surface area contributed by atoms with Gasteiger partial charge in [0.05, 0.1) is 34.9 Å². The summed E-state index contributed by atoms with van der Waals surface area (Å²) in [5, 5.41) is 2.59.